The molecule has 0 fully saturated rings. The molecule has 0 unspecified atom stereocenters. The van der Waals surface area contributed by atoms with Gasteiger partial charge in [0.05, 0.1) is 4.90 Å². The van der Waals surface area contributed by atoms with Crippen molar-refractivity contribution < 1.29 is 13.2 Å². The topological polar surface area (TPSA) is 66.5 Å². The molecule has 5 nitrogen and oxygen atoms in total. The fourth-order valence-electron chi connectivity index (χ4n) is 3.16. The van der Waals surface area contributed by atoms with Crippen LogP contribution in [0.15, 0.2) is 64.9 Å². The Morgan fingerprint density at radius 3 is 2.38 bits per heavy atom. The summed E-state index contributed by atoms with van der Waals surface area (Å²) in [6, 6.07) is 15.9. The van der Waals surface area contributed by atoms with Gasteiger partial charge in [0.2, 0.25) is 10.0 Å². The molecule has 1 amide bonds. The number of anilines is 1. The molecule has 2 aromatic carbocycles. The molecule has 1 N–H and O–H groups in total. The molecule has 0 saturated heterocycles. The summed E-state index contributed by atoms with van der Waals surface area (Å²) in [7, 11) is -3.72. The first-order valence-corrected chi connectivity index (χ1v) is 11.7. The molecule has 0 atom stereocenters. The van der Waals surface area contributed by atoms with E-state index >= 15 is 0 Å². The summed E-state index contributed by atoms with van der Waals surface area (Å²) in [5.41, 5.74) is 3.28. The molecule has 152 valence electrons. The summed E-state index contributed by atoms with van der Waals surface area (Å²) in [5.74, 6) is -0.229. The minimum Gasteiger partial charge on any atom is -0.309 e. The zero-order valence-electron chi connectivity index (χ0n) is 16.7. The van der Waals surface area contributed by atoms with Gasteiger partial charge in [-0.2, -0.15) is 0 Å². The molecule has 1 aromatic heterocycles. The van der Waals surface area contributed by atoms with Gasteiger partial charge in [-0.3, -0.25) is 4.79 Å². The minimum absolute atomic E-state index is 0.0800. The van der Waals surface area contributed by atoms with Crippen LogP contribution in [0.3, 0.4) is 0 Å². The predicted octanol–water partition coefficient (Wildman–Crippen LogP) is 4.51. The SMILES string of the molecule is CCN(C(=O)c1cccc(S(=O)(=O)NCc2cccs2)c1)c1cc(C)cc(C)c1. The normalized spacial score (nSPS) is 11.4. The van der Waals surface area contributed by atoms with E-state index in [9.17, 15) is 13.2 Å². The van der Waals surface area contributed by atoms with Crippen LogP contribution in [0.5, 0.6) is 0 Å². The average molecular weight is 429 g/mol. The van der Waals surface area contributed by atoms with Crippen molar-refractivity contribution in [3.05, 3.63) is 81.5 Å². The predicted molar refractivity (Wildman–Crippen MR) is 118 cm³/mol. The van der Waals surface area contributed by atoms with E-state index in [4.69, 9.17) is 0 Å². The van der Waals surface area contributed by atoms with E-state index < -0.39 is 10.0 Å². The second-order valence-electron chi connectivity index (χ2n) is 6.83. The number of aryl methyl sites for hydroxylation is 2. The summed E-state index contributed by atoms with van der Waals surface area (Å²) in [5, 5.41) is 1.90. The van der Waals surface area contributed by atoms with Crippen LogP contribution in [0.1, 0.15) is 33.3 Å². The first-order valence-electron chi connectivity index (χ1n) is 9.32. The monoisotopic (exact) mass is 428 g/mol. The molecule has 0 spiro atoms. The van der Waals surface area contributed by atoms with Gasteiger partial charge in [-0.1, -0.05) is 18.2 Å². The number of sulfonamides is 1. The Bertz CT molecular complexity index is 1090. The van der Waals surface area contributed by atoms with Gasteiger partial charge >= 0.3 is 0 Å². The third-order valence-corrected chi connectivity index (χ3v) is 6.76. The lowest BCUT2D eigenvalue weighted by Gasteiger charge is -2.22. The Labute approximate surface area is 176 Å². The lowest BCUT2D eigenvalue weighted by atomic mass is 10.1. The number of hydrogen-bond acceptors (Lipinski definition) is 4. The highest BCUT2D eigenvalue weighted by molar-refractivity contribution is 7.89. The number of thiophene rings is 1. The lowest BCUT2D eigenvalue weighted by molar-refractivity contribution is 0.0988. The van der Waals surface area contributed by atoms with Crippen molar-refractivity contribution in [2.24, 2.45) is 0 Å². The average Bonchev–Trinajstić information content (AvgIpc) is 3.20. The van der Waals surface area contributed by atoms with Gasteiger partial charge in [-0.05, 0) is 73.7 Å². The van der Waals surface area contributed by atoms with Crippen LogP contribution < -0.4 is 9.62 Å². The minimum atomic E-state index is -3.72. The van der Waals surface area contributed by atoms with Crippen LogP contribution >= 0.6 is 11.3 Å². The smallest absolute Gasteiger partial charge is 0.258 e. The lowest BCUT2D eigenvalue weighted by Crippen LogP contribution is -2.31. The second kappa shape index (κ2) is 8.90. The zero-order valence-corrected chi connectivity index (χ0v) is 18.3. The molecule has 0 bridgehead atoms. The van der Waals surface area contributed by atoms with Crippen LogP contribution in [0.4, 0.5) is 5.69 Å². The van der Waals surface area contributed by atoms with E-state index in [0.29, 0.717) is 12.1 Å². The summed E-state index contributed by atoms with van der Waals surface area (Å²) in [6.45, 7) is 6.58. The van der Waals surface area contributed by atoms with Crippen LogP contribution in [0.25, 0.3) is 0 Å². The Kier molecular flexibility index (Phi) is 6.52. The summed E-state index contributed by atoms with van der Waals surface area (Å²) in [6.07, 6.45) is 0. The highest BCUT2D eigenvalue weighted by Crippen LogP contribution is 2.22. The van der Waals surface area contributed by atoms with E-state index in [-0.39, 0.29) is 17.3 Å². The summed E-state index contributed by atoms with van der Waals surface area (Å²) in [4.78, 5) is 15.8. The number of hydrogen-bond donors (Lipinski definition) is 1. The van der Waals surface area contributed by atoms with Crippen molar-refractivity contribution >= 4 is 33.0 Å². The van der Waals surface area contributed by atoms with E-state index in [1.54, 1.807) is 17.0 Å². The van der Waals surface area contributed by atoms with E-state index in [1.165, 1.54) is 23.5 Å². The molecule has 0 saturated carbocycles. The van der Waals surface area contributed by atoms with Crippen molar-refractivity contribution in [3.63, 3.8) is 0 Å². The molecular weight excluding hydrogens is 404 g/mol. The molecule has 0 radical (unpaired) electrons. The van der Waals surface area contributed by atoms with E-state index in [2.05, 4.69) is 4.72 Å². The molecule has 0 aliphatic rings. The number of rotatable bonds is 7. The first-order chi connectivity index (χ1) is 13.8. The Hall–Kier alpha value is -2.48. The highest BCUT2D eigenvalue weighted by atomic mass is 32.2. The molecule has 0 aliphatic carbocycles. The van der Waals surface area contributed by atoms with Crippen molar-refractivity contribution in [2.45, 2.75) is 32.2 Å². The highest BCUT2D eigenvalue weighted by Gasteiger charge is 2.20. The van der Waals surface area contributed by atoms with E-state index in [1.807, 2.05) is 56.5 Å². The van der Waals surface area contributed by atoms with Crippen LogP contribution in [0, 0.1) is 13.8 Å². The number of nitrogens with zero attached hydrogens (tertiary/aromatic N) is 1. The van der Waals surface area contributed by atoms with Crippen molar-refractivity contribution in [1.82, 2.24) is 4.72 Å². The van der Waals surface area contributed by atoms with Gasteiger partial charge in [0.1, 0.15) is 0 Å². The molecule has 29 heavy (non-hydrogen) atoms. The Morgan fingerprint density at radius 1 is 1.03 bits per heavy atom. The third-order valence-electron chi connectivity index (χ3n) is 4.49. The molecule has 7 heteroatoms. The largest absolute Gasteiger partial charge is 0.309 e. The maximum atomic E-state index is 13.1. The number of benzene rings is 2. The Morgan fingerprint density at radius 2 is 1.76 bits per heavy atom. The van der Waals surface area contributed by atoms with Crippen LogP contribution in [-0.4, -0.2) is 20.9 Å². The van der Waals surface area contributed by atoms with Crippen molar-refractivity contribution in [3.8, 4) is 0 Å². The van der Waals surface area contributed by atoms with Crippen molar-refractivity contribution in [1.29, 1.82) is 0 Å². The first kappa shape index (κ1) is 21.2. The number of amides is 1. The third kappa shape index (κ3) is 5.12. The van der Waals surface area contributed by atoms with Gasteiger partial charge in [0.25, 0.3) is 5.91 Å². The summed E-state index contributed by atoms with van der Waals surface area (Å²) >= 11 is 1.49. The standard InChI is InChI=1S/C22H24N2O3S2/c1-4-24(19-12-16(2)11-17(3)13-19)22(25)18-7-5-9-21(14-18)29(26,27)23-15-20-8-6-10-28-20/h5-14,23H,4,15H2,1-3H3. The summed E-state index contributed by atoms with van der Waals surface area (Å²) < 4.78 is 27.9. The molecule has 3 rings (SSSR count). The number of nitrogens with one attached hydrogen (secondary N) is 1. The van der Waals surface area contributed by atoms with Gasteiger partial charge in [-0.15, -0.1) is 11.3 Å². The second-order valence-corrected chi connectivity index (χ2v) is 9.63. The van der Waals surface area contributed by atoms with Crippen LogP contribution in [0.2, 0.25) is 0 Å². The molecular formula is C22H24N2O3S2. The van der Waals surface area contributed by atoms with Crippen molar-refractivity contribution in [2.75, 3.05) is 11.4 Å². The quantitative estimate of drug-likeness (QED) is 0.602. The number of carbonyl (C=O) groups is 1. The molecule has 3 aromatic rings. The number of carbonyl (C=O) groups excluding carboxylic acids is 1. The van der Waals surface area contributed by atoms with Gasteiger partial charge in [0, 0.05) is 29.2 Å². The van der Waals surface area contributed by atoms with Crippen LogP contribution in [-0.2, 0) is 16.6 Å². The van der Waals surface area contributed by atoms with Gasteiger partial charge in [-0.25, -0.2) is 13.1 Å². The maximum absolute atomic E-state index is 13.1. The van der Waals surface area contributed by atoms with E-state index in [0.717, 1.165) is 21.7 Å². The fraction of sp³-hybridized carbons (Fsp3) is 0.227. The maximum Gasteiger partial charge on any atom is 0.258 e. The van der Waals surface area contributed by atoms with Gasteiger partial charge < -0.3 is 4.90 Å². The van der Waals surface area contributed by atoms with Gasteiger partial charge in [0.15, 0.2) is 0 Å². The molecule has 1 heterocycles. The zero-order chi connectivity index (χ0) is 21.0. The molecule has 0 aliphatic heterocycles. The fourth-order valence-corrected chi connectivity index (χ4v) is 4.95. The Balaban J connectivity index is 1.86.